The number of carbonyl (C=O) groups is 1. The zero-order valence-corrected chi connectivity index (χ0v) is 18.0. The van der Waals surface area contributed by atoms with E-state index in [1.54, 1.807) is 11.2 Å². The largest absolute Gasteiger partial charge is 0.369 e. The quantitative estimate of drug-likeness (QED) is 0.626. The van der Waals surface area contributed by atoms with Crippen molar-refractivity contribution in [3.05, 3.63) is 36.0 Å². The molecular weight excluding hydrogens is 418 g/mol. The highest BCUT2D eigenvalue weighted by molar-refractivity contribution is 7.89. The Hall–Kier alpha value is -2.92. The molecule has 0 radical (unpaired) electrons. The number of nitrogens with one attached hydrogen (secondary N) is 3. The van der Waals surface area contributed by atoms with Gasteiger partial charge in [-0.1, -0.05) is 0 Å². The van der Waals surface area contributed by atoms with Gasteiger partial charge in [-0.05, 0) is 37.6 Å². The lowest BCUT2D eigenvalue weighted by atomic mass is 10.2. The van der Waals surface area contributed by atoms with Gasteiger partial charge in [0.25, 0.3) is 5.91 Å². The number of hydrogen-bond donors (Lipinski definition) is 3. The van der Waals surface area contributed by atoms with E-state index >= 15 is 0 Å². The van der Waals surface area contributed by atoms with E-state index in [9.17, 15) is 13.2 Å². The van der Waals surface area contributed by atoms with Crippen LogP contribution in [0.1, 0.15) is 23.7 Å². The van der Waals surface area contributed by atoms with E-state index in [1.165, 1.54) is 6.20 Å². The SMILES string of the molecule is CCS(=O)(=O)N1CCN(c2ccc(Nc3ncc4c(n3)NC3CC3NC4=O)cc2)CC1. The number of sulfonamides is 1. The number of anilines is 4. The first kappa shape index (κ1) is 20.0. The maximum Gasteiger partial charge on any atom is 0.256 e. The van der Waals surface area contributed by atoms with E-state index in [4.69, 9.17) is 0 Å². The van der Waals surface area contributed by atoms with Gasteiger partial charge in [0.15, 0.2) is 0 Å². The molecule has 164 valence electrons. The molecule has 2 atom stereocenters. The van der Waals surface area contributed by atoms with Crippen molar-refractivity contribution in [2.45, 2.75) is 25.4 Å². The van der Waals surface area contributed by atoms with Gasteiger partial charge in [0.2, 0.25) is 16.0 Å². The molecule has 1 saturated heterocycles. The molecule has 11 heteroatoms. The van der Waals surface area contributed by atoms with Crippen LogP contribution in [0.4, 0.5) is 23.1 Å². The zero-order chi connectivity index (χ0) is 21.6. The fraction of sp³-hybridized carbons (Fsp3) is 0.450. The molecule has 1 aromatic carbocycles. The lowest BCUT2D eigenvalue weighted by Crippen LogP contribution is -2.49. The van der Waals surface area contributed by atoms with E-state index in [2.05, 4.69) is 30.8 Å². The maximum absolute atomic E-state index is 12.2. The predicted molar refractivity (Wildman–Crippen MR) is 118 cm³/mol. The average molecular weight is 444 g/mol. The molecule has 1 amide bonds. The smallest absolute Gasteiger partial charge is 0.256 e. The number of amides is 1. The van der Waals surface area contributed by atoms with Crippen LogP contribution in [-0.2, 0) is 10.0 Å². The number of nitrogens with zero attached hydrogens (tertiary/aromatic N) is 4. The van der Waals surface area contributed by atoms with Crippen LogP contribution in [0, 0.1) is 0 Å². The number of aromatic nitrogens is 2. The molecule has 3 N–H and O–H groups in total. The van der Waals surface area contributed by atoms with E-state index in [1.807, 2.05) is 24.3 Å². The second-order valence-electron chi connectivity index (χ2n) is 7.98. The van der Waals surface area contributed by atoms with E-state index in [-0.39, 0.29) is 23.7 Å². The first-order chi connectivity index (χ1) is 14.9. The highest BCUT2D eigenvalue weighted by Gasteiger charge is 2.42. The molecule has 1 saturated carbocycles. The molecule has 2 unspecified atom stereocenters. The Kier molecular flexibility index (Phi) is 4.94. The Labute approximate surface area is 181 Å². The first-order valence-corrected chi connectivity index (χ1v) is 12.1. The van der Waals surface area contributed by atoms with Crippen LogP contribution >= 0.6 is 0 Å². The van der Waals surface area contributed by atoms with Crippen LogP contribution in [0.15, 0.2) is 30.5 Å². The van der Waals surface area contributed by atoms with Gasteiger partial charge < -0.3 is 20.9 Å². The molecule has 2 aliphatic heterocycles. The summed E-state index contributed by atoms with van der Waals surface area (Å²) in [7, 11) is -3.13. The van der Waals surface area contributed by atoms with Crippen LogP contribution in [0.25, 0.3) is 0 Å². The van der Waals surface area contributed by atoms with Gasteiger partial charge >= 0.3 is 0 Å². The summed E-state index contributed by atoms with van der Waals surface area (Å²) in [5, 5.41) is 9.43. The molecule has 10 nitrogen and oxygen atoms in total. The minimum absolute atomic E-state index is 0.138. The molecule has 0 spiro atoms. The van der Waals surface area contributed by atoms with Crippen LogP contribution in [0.3, 0.4) is 0 Å². The van der Waals surface area contributed by atoms with E-state index in [0.717, 1.165) is 17.8 Å². The molecule has 3 aliphatic rings. The molecule has 2 fully saturated rings. The van der Waals surface area contributed by atoms with Gasteiger partial charge in [0, 0.05) is 49.8 Å². The van der Waals surface area contributed by atoms with Gasteiger partial charge in [-0.2, -0.15) is 9.29 Å². The van der Waals surface area contributed by atoms with E-state index in [0.29, 0.717) is 43.5 Å². The topological polar surface area (TPSA) is 120 Å². The van der Waals surface area contributed by atoms with Crippen molar-refractivity contribution in [2.24, 2.45) is 0 Å². The van der Waals surface area contributed by atoms with Gasteiger partial charge in [-0.15, -0.1) is 0 Å². The number of hydrogen-bond acceptors (Lipinski definition) is 8. The monoisotopic (exact) mass is 443 g/mol. The summed E-state index contributed by atoms with van der Waals surface area (Å²) in [6.45, 7) is 4.00. The van der Waals surface area contributed by atoms with Gasteiger partial charge in [0.05, 0.1) is 11.8 Å². The Balaban J connectivity index is 1.24. The Morgan fingerprint density at radius 3 is 2.52 bits per heavy atom. The zero-order valence-electron chi connectivity index (χ0n) is 17.2. The molecule has 1 aromatic heterocycles. The third kappa shape index (κ3) is 4.02. The normalized spacial score (nSPS) is 23.1. The molecule has 31 heavy (non-hydrogen) atoms. The summed E-state index contributed by atoms with van der Waals surface area (Å²) >= 11 is 0. The fourth-order valence-electron chi connectivity index (χ4n) is 3.95. The van der Waals surface area contributed by atoms with Crippen molar-refractivity contribution in [1.82, 2.24) is 19.6 Å². The predicted octanol–water partition coefficient (Wildman–Crippen LogP) is 0.988. The molecule has 0 bridgehead atoms. The Morgan fingerprint density at radius 1 is 1.10 bits per heavy atom. The summed E-state index contributed by atoms with van der Waals surface area (Å²) in [5.74, 6) is 0.968. The van der Waals surface area contributed by atoms with Crippen molar-refractivity contribution < 1.29 is 13.2 Å². The van der Waals surface area contributed by atoms with Crippen LogP contribution in [-0.4, -0.2) is 72.6 Å². The molecule has 2 aromatic rings. The molecule has 1 aliphatic carbocycles. The summed E-state index contributed by atoms with van der Waals surface area (Å²) in [6.07, 6.45) is 2.45. The summed E-state index contributed by atoms with van der Waals surface area (Å²) < 4.78 is 25.6. The van der Waals surface area contributed by atoms with Gasteiger partial charge in [0.1, 0.15) is 11.4 Å². The summed E-state index contributed by atoms with van der Waals surface area (Å²) in [5.41, 5.74) is 2.33. The molecular formula is C20H25N7O3S. The van der Waals surface area contributed by atoms with Crippen molar-refractivity contribution in [3.63, 3.8) is 0 Å². The number of piperazine rings is 1. The maximum atomic E-state index is 12.2. The standard InChI is InChI=1S/C20H25N7O3S/c1-2-31(29,30)27-9-7-26(8-10-27)14-5-3-13(4-6-14)22-20-21-12-15-18(25-20)23-16-11-17(16)24-19(15)28/h3-6,12,16-17H,2,7-11H2,1H3,(H,24,28)(H2,21,22,23,25). The highest BCUT2D eigenvalue weighted by Crippen LogP contribution is 2.31. The second kappa shape index (κ2) is 7.65. The summed E-state index contributed by atoms with van der Waals surface area (Å²) in [6, 6.07) is 8.29. The molecule has 3 heterocycles. The van der Waals surface area contributed by atoms with Crippen LogP contribution < -0.4 is 20.9 Å². The van der Waals surface area contributed by atoms with Crippen molar-refractivity contribution >= 4 is 39.1 Å². The van der Waals surface area contributed by atoms with Gasteiger partial charge in [-0.3, -0.25) is 4.79 Å². The van der Waals surface area contributed by atoms with E-state index < -0.39 is 10.0 Å². The van der Waals surface area contributed by atoms with Crippen molar-refractivity contribution in [2.75, 3.05) is 47.5 Å². The van der Waals surface area contributed by atoms with Crippen LogP contribution in [0.5, 0.6) is 0 Å². The minimum atomic E-state index is -3.13. The Morgan fingerprint density at radius 2 is 1.81 bits per heavy atom. The molecule has 5 rings (SSSR count). The van der Waals surface area contributed by atoms with Crippen molar-refractivity contribution in [3.8, 4) is 0 Å². The number of carbonyl (C=O) groups excluding carboxylic acids is 1. The summed E-state index contributed by atoms with van der Waals surface area (Å²) in [4.78, 5) is 23.1. The second-order valence-corrected chi connectivity index (χ2v) is 10.2. The van der Waals surface area contributed by atoms with Crippen LogP contribution in [0.2, 0.25) is 0 Å². The fourth-order valence-corrected chi connectivity index (χ4v) is 5.03. The highest BCUT2D eigenvalue weighted by atomic mass is 32.2. The lowest BCUT2D eigenvalue weighted by molar-refractivity contribution is 0.0952. The number of rotatable bonds is 5. The van der Waals surface area contributed by atoms with Gasteiger partial charge in [-0.25, -0.2) is 13.4 Å². The minimum Gasteiger partial charge on any atom is -0.369 e. The van der Waals surface area contributed by atoms with Crippen molar-refractivity contribution in [1.29, 1.82) is 0 Å². The number of benzene rings is 1. The third-order valence-electron chi connectivity index (χ3n) is 5.95. The Bertz CT molecular complexity index is 1100. The third-order valence-corrected chi connectivity index (χ3v) is 7.83. The lowest BCUT2D eigenvalue weighted by Gasteiger charge is -2.35. The first-order valence-electron chi connectivity index (χ1n) is 10.5. The average Bonchev–Trinajstić information content (AvgIpc) is 3.52. The number of fused-ring (bicyclic) bond motifs is 2.